The van der Waals surface area contributed by atoms with Gasteiger partial charge in [0.05, 0.1) is 32.0 Å². The van der Waals surface area contributed by atoms with E-state index in [1.807, 2.05) is 36.4 Å². The van der Waals surface area contributed by atoms with E-state index in [0.717, 1.165) is 49.2 Å². The van der Waals surface area contributed by atoms with Crippen LogP contribution in [0.4, 0.5) is 5.69 Å². The minimum Gasteiger partial charge on any atom is -0.392 e. The Bertz CT molecular complexity index is 1110. The molecule has 212 valence electrons. The van der Waals surface area contributed by atoms with Crippen molar-refractivity contribution in [2.45, 2.75) is 54.4 Å². The summed E-state index contributed by atoms with van der Waals surface area (Å²) in [4.78, 5) is 14.4. The lowest BCUT2D eigenvalue weighted by Crippen LogP contribution is -2.50. The molecule has 0 bridgehead atoms. The molecule has 4 atom stereocenters. The molecule has 39 heavy (non-hydrogen) atoms. The molecule has 3 fully saturated rings. The topological polar surface area (TPSA) is 89.5 Å². The third kappa shape index (κ3) is 6.89. The fraction of sp³-hybridized carbons (Fsp3) is 0.536. The standard InChI is InChI=1S/C28H33Cl3N2O6/c1-18-23(16-33-12-10-27(11-13-33)36-14-15-37-27)38-25(39-24(18)20-4-2-19(17-34)3-5-20)21-6-8-22(9-7-21)32-26(35)28(29,30)31/h2-9,18,23-25,34H,10-17H2,1H3,(H,32,35)/t18-,23+,24+,25+/m0/s1. The number of piperidine rings is 1. The summed E-state index contributed by atoms with van der Waals surface area (Å²) in [6.07, 6.45) is 0.727. The van der Waals surface area contributed by atoms with Crippen molar-refractivity contribution in [3.05, 3.63) is 65.2 Å². The van der Waals surface area contributed by atoms with Gasteiger partial charge < -0.3 is 34.3 Å². The molecule has 3 aliphatic heterocycles. The van der Waals surface area contributed by atoms with Crippen molar-refractivity contribution in [3.8, 4) is 0 Å². The summed E-state index contributed by atoms with van der Waals surface area (Å²) in [5.41, 5.74) is 3.17. The Morgan fingerprint density at radius 2 is 1.62 bits per heavy atom. The predicted molar refractivity (Wildman–Crippen MR) is 149 cm³/mol. The molecule has 0 saturated carbocycles. The number of likely N-dealkylation sites (tertiary alicyclic amines) is 1. The highest BCUT2D eigenvalue weighted by Gasteiger charge is 2.43. The highest BCUT2D eigenvalue weighted by Crippen LogP contribution is 2.42. The first-order chi connectivity index (χ1) is 18.7. The number of benzene rings is 2. The Hall–Kier alpha value is -1.46. The lowest BCUT2D eigenvalue weighted by atomic mass is 9.89. The van der Waals surface area contributed by atoms with E-state index in [0.29, 0.717) is 18.9 Å². The molecule has 0 unspecified atom stereocenters. The van der Waals surface area contributed by atoms with Gasteiger partial charge in [-0.2, -0.15) is 0 Å². The van der Waals surface area contributed by atoms with Crippen LogP contribution < -0.4 is 5.32 Å². The Morgan fingerprint density at radius 3 is 2.21 bits per heavy atom. The quantitative estimate of drug-likeness (QED) is 0.446. The summed E-state index contributed by atoms with van der Waals surface area (Å²) in [5.74, 6) is -1.09. The summed E-state index contributed by atoms with van der Waals surface area (Å²) in [7, 11) is 0. The fourth-order valence-corrected chi connectivity index (χ4v) is 5.51. The van der Waals surface area contributed by atoms with E-state index in [9.17, 15) is 9.90 Å². The van der Waals surface area contributed by atoms with Crippen molar-refractivity contribution in [1.82, 2.24) is 4.90 Å². The number of nitrogens with one attached hydrogen (secondary N) is 1. The molecule has 0 aromatic heterocycles. The van der Waals surface area contributed by atoms with Crippen molar-refractivity contribution in [2.75, 3.05) is 38.2 Å². The maximum Gasteiger partial charge on any atom is 0.276 e. The lowest BCUT2D eigenvalue weighted by molar-refractivity contribution is -0.278. The van der Waals surface area contributed by atoms with Crippen molar-refractivity contribution in [3.63, 3.8) is 0 Å². The molecule has 0 aliphatic carbocycles. The highest BCUT2D eigenvalue weighted by atomic mass is 35.6. The summed E-state index contributed by atoms with van der Waals surface area (Å²) >= 11 is 17.0. The van der Waals surface area contributed by atoms with Gasteiger partial charge in [0, 0.05) is 49.6 Å². The normalized spacial score (nSPS) is 27.5. The molecule has 3 saturated heterocycles. The van der Waals surface area contributed by atoms with Crippen LogP contribution in [0.15, 0.2) is 48.5 Å². The van der Waals surface area contributed by atoms with Gasteiger partial charge in [0.1, 0.15) is 0 Å². The van der Waals surface area contributed by atoms with Crippen molar-refractivity contribution in [2.24, 2.45) is 5.92 Å². The molecular formula is C28H33Cl3N2O6. The van der Waals surface area contributed by atoms with E-state index < -0.39 is 21.8 Å². The number of aliphatic hydroxyl groups excluding tert-OH is 1. The first kappa shape index (κ1) is 29.0. The van der Waals surface area contributed by atoms with Gasteiger partial charge >= 0.3 is 0 Å². The summed E-state index contributed by atoms with van der Waals surface area (Å²) < 4.78 is 22.8. The zero-order valence-electron chi connectivity index (χ0n) is 21.7. The number of carbonyl (C=O) groups excluding carboxylic acids is 1. The minimum absolute atomic E-state index is 0.0131. The van der Waals surface area contributed by atoms with Gasteiger partial charge in [0.15, 0.2) is 12.1 Å². The van der Waals surface area contributed by atoms with Crippen molar-refractivity contribution < 1.29 is 28.8 Å². The van der Waals surface area contributed by atoms with E-state index in [2.05, 4.69) is 17.1 Å². The number of anilines is 1. The molecular weight excluding hydrogens is 567 g/mol. The number of carbonyl (C=O) groups is 1. The van der Waals surface area contributed by atoms with Crippen molar-refractivity contribution in [1.29, 1.82) is 0 Å². The average Bonchev–Trinajstić information content (AvgIpc) is 3.39. The third-order valence-corrected chi connectivity index (χ3v) is 8.21. The fourth-order valence-electron chi connectivity index (χ4n) is 5.37. The smallest absolute Gasteiger partial charge is 0.276 e. The minimum atomic E-state index is -2.06. The SMILES string of the molecule is C[C@H]1[C@@H](CN2CCC3(CC2)OCCO3)O[C@@H](c2ccc(NC(=O)C(Cl)(Cl)Cl)cc2)O[C@H]1c1ccc(CO)cc1. The number of halogens is 3. The summed E-state index contributed by atoms with van der Waals surface area (Å²) in [6, 6.07) is 14.9. The number of rotatable bonds is 6. The van der Waals surface area contributed by atoms with Crippen LogP contribution in [0.25, 0.3) is 0 Å². The number of nitrogens with zero attached hydrogens (tertiary/aromatic N) is 1. The number of amides is 1. The van der Waals surface area contributed by atoms with Gasteiger partial charge in [-0.3, -0.25) is 4.79 Å². The van der Waals surface area contributed by atoms with Crippen LogP contribution >= 0.6 is 34.8 Å². The third-order valence-electron chi connectivity index (χ3n) is 7.69. The average molecular weight is 600 g/mol. The second-order valence-electron chi connectivity index (χ2n) is 10.3. The van der Waals surface area contributed by atoms with E-state index >= 15 is 0 Å². The molecule has 11 heteroatoms. The van der Waals surface area contributed by atoms with Gasteiger partial charge in [-0.15, -0.1) is 0 Å². The van der Waals surface area contributed by atoms with Crippen molar-refractivity contribution >= 4 is 46.4 Å². The largest absolute Gasteiger partial charge is 0.392 e. The van der Waals surface area contributed by atoms with E-state index in [-0.39, 0.29) is 24.7 Å². The Labute approximate surface area is 243 Å². The van der Waals surface area contributed by atoms with Crippen LogP contribution in [-0.2, 0) is 30.3 Å². The molecule has 2 aromatic carbocycles. The van der Waals surface area contributed by atoms with Gasteiger partial charge in [-0.25, -0.2) is 0 Å². The number of hydrogen-bond donors (Lipinski definition) is 2. The maximum atomic E-state index is 12.0. The van der Waals surface area contributed by atoms with Crippen LogP contribution in [0.3, 0.4) is 0 Å². The molecule has 0 radical (unpaired) electrons. The zero-order chi connectivity index (χ0) is 27.6. The predicted octanol–water partition coefficient (Wildman–Crippen LogP) is 5.12. The first-order valence-electron chi connectivity index (χ1n) is 13.1. The Balaban J connectivity index is 1.32. The molecule has 2 aromatic rings. The molecule has 3 heterocycles. The van der Waals surface area contributed by atoms with E-state index in [1.54, 1.807) is 12.1 Å². The monoisotopic (exact) mass is 598 g/mol. The second kappa shape index (κ2) is 12.2. The van der Waals surface area contributed by atoms with E-state index in [4.69, 9.17) is 53.8 Å². The Kier molecular flexibility index (Phi) is 9.08. The summed E-state index contributed by atoms with van der Waals surface area (Å²) in [5, 5.41) is 12.1. The molecule has 1 amide bonds. The van der Waals surface area contributed by atoms with Gasteiger partial charge in [-0.05, 0) is 23.3 Å². The van der Waals surface area contributed by atoms with Crippen LogP contribution in [0.1, 0.15) is 48.8 Å². The van der Waals surface area contributed by atoms with Crippen LogP contribution in [0, 0.1) is 5.92 Å². The molecule has 8 nitrogen and oxygen atoms in total. The zero-order valence-corrected chi connectivity index (χ0v) is 23.9. The van der Waals surface area contributed by atoms with Crippen LogP contribution in [-0.4, -0.2) is 64.4 Å². The maximum absolute atomic E-state index is 12.0. The molecule has 2 N–H and O–H groups in total. The number of alkyl halides is 3. The van der Waals surface area contributed by atoms with E-state index in [1.165, 1.54) is 0 Å². The summed E-state index contributed by atoms with van der Waals surface area (Å²) in [6.45, 7) is 5.93. The Morgan fingerprint density at radius 1 is 1.00 bits per heavy atom. The second-order valence-corrected chi connectivity index (χ2v) is 12.6. The van der Waals surface area contributed by atoms with Gasteiger partial charge in [0.25, 0.3) is 9.70 Å². The highest BCUT2D eigenvalue weighted by molar-refractivity contribution is 6.76. The lowest BCUT2D eigenvalue weighted by Gasteiger charge is -2.44. The number of hydrogen-bond acceptors (Lipinski definition) is 7. The van der Waals surface area contributed by atoms with Gasteiger partial charge in [0.2, 0.25) is 0 Å². The van der Waals surface area contributed by atoms with Crippen LogP contribution in [0.5, 0.6) is 0 Å². The molecule has 1 spiro atoms. The molecule has 3 aliphatic rings. The molecule has 5 rings (SSSR count). The number of aliphatic hydroxyl groups is 1. The van der Waals surface area contributed by atoms with Gasteiger partial charge in [-0.1, -0.05) is 78.1 Å². The first-order valence-corrected chi connectivity index (χ1v) is 14.3. The van der Waals surface area contributed by atoms with Crippen LogP contribution in [0.2, 0.25) is 0 Å². The number of ether oxygens (including phenoxy) is 4.